The molecule has 104 valence electrons. The normalized spacial score (nSPS) is 28.8. The maximum atomic E-state index is 11.9. The van der Waals surface area contributed by atoms with E-state index in [9.17, 15) is 4.79 Å². The Morgan fingerprint density at radius 2 is 2.37 bits per heavy atom. The average molecular weight is 282 g/mol. The molecule has 0 spiro atoms. The number of aromatic nitrogens is 2. The van der Waals surface area contributed by atoms with Gasteiger partial charge in [0.15, 0.2) is 0 Å². The summed E-state index contributed by atoms with van der Waals surface area (Å²) in [7, 11) is 0. The van der Waals surface area contributed by atoms with Crippen LogP contribution in [-0.2, 0) is 11.3 Å². The lowest BCUT2D eigenvalue weighted by atomic mass is 9.86. The summed E-state index contributed by atoms with van der Waals surface area (Å²) in [5.41, 5.74) is 0. The molecule has 2 saturated carbocycles. The van der Waals surface area contributed by atoms with E-state index >= 15 is 0 Å². The molecule has 5 heteroatoms. The molecule has 0 saturated heterocycles. The Balaban J connectivity index is 1.37. The second-order valence-electron chi connectivity index (χ2n) is 5.91. The summed E-state index contributed by atoms with van der Waals surface area (Å²) in [6.07, 6.45) is 9.46. The van der Waals surface area contributed by atoms with Gasteiger partial charge in [0.05, 0.1) is 17.8 Å². The largest absolute Gasteiger partial charge is 0.354 e. The topological polar surface area (TPSA) is 46.9 Å². The molecular weight excluding hydrogens is 262 g/mol. The highest BCUT2D eigenvalue weighted by Gasteiger charge is 2.39. The molecule has 1 aromatic rings. The minimum absolute atomic E-state index is 0.191. The number of fused-ring (bicyclic) bond motifs is 2. The van der Waals surface area contributed by atoms with Crippen LogP contribution in [0.4, 0.5) is 0 Å². The minimum Gasteiger partial charge on any atom is -0.354 e. The Morgan fingerprint density at radius 1 is 1.47 bits per heavy atom. The van der Waals surface area contributed by atoms with Crippen LogP contribution in [0.15, 0.2) is 12.4 Å². The summed E-state index contributed by atoms with van der Waals surface area (Å²) in [6.45, 7) is 1.30. The van der Waals surface area contributed by atoms with E-state index in [1.54, 1.807) is 17.1 Å². The fourth-order valence-corrected chi connectivity index (χ4v) is 3.86. The fraction of sp³-hybridized carbons (Fsp3) is 0.714. The van der Waals surface area contributed by atoms with Crippen LogP contribution in [0.2, 0.25) is 5.02 Å². The number of carbonyl (C=O) groups excluding carboxylic acids is 1. The molecule has 1 aromatic heterocycles. The highest BCUT2D eigenvalue weighted by atomic mass is 35.5. The fourth-order valence-electron chi connectivity index (χ4n) is 3.71. The van der Waals surface area contributed by atoms with Gasteiger partial charge < -0.3 is 5.32 Å². The van der Waals surface area contributed by atoms with Crippen molar-refractivity contribution in [1.29, 1.82) is 0 Å². The Labute approximate surface area is 118 Å². The van der Waals surface area contributed by atoms with E-state index in [0.717, 1.165) is 11.8 Å². The van der Waals surface area contributed by atoms with Crippen molar-refractivity contribution in [3.05, 3.63) is 17.4 Å². The Kier molecular flexibility index (Phi) is 3.78. The summed E-state index contributed by atoms with van der Waals surface area (Å²) in [5.74, 6) is 2.56. The van der Waals surface area contributed by atoms with E-state index in [-0.39, 0.29) is 5.91 Å². The van der Waals surface area contributed by atoms with Crippen molar-refractivity contribution in [2.75, 3.05) is 6.54 Å². The van der Waals surface area contributed by atoms with Crippen LogP contribution in [0.25, 0.3) is 0 Å². The van der Waals surface area contributed by atoms with Crippen LogP contribution < -0.4 is 5.32 Å². The molecule has 2 aliphatic rings. The van der Waals surface area contributed by atoms with Crippen molar-refractivity contribution in [2.45, 2.75) is 38.6 Å². The van der Waals surface area contributed by atoms with Crippen molar-refractivity contribution in [1.82, 2.24) is 15.1 Å². The molecule has 3 rings (SSSR count). The molecular formula is C14H20ClN3O. The second kappa shape index (κ2) is 5.53. The minimum atomic E-state index is 0.191. The van der Waals surface area contributed by atoms with Crippen LogP contribution in [0.3, 0.4) is 0 Å². The second-order valence-corrected chi connectivity index (χ2v) is 6.35. The summed E-state index contributed by atoms with van der Waals surface area (Å²) in [6, 6.07) is 0. The molecule has 0 radical (unpaired) electrons. The molecule has 0 aromatic carbocycles. The number of hydrogen-bond acceptors (Lipinski definition) is 2. The lowest BCUT2D eigenvalue weighted by Gasteiger charge is -2.20. The monoisotopic (exact) mass is 281 g/mol. The number of nitrogens with one attached hydrogen (secondary N) is 1. The van der Waals surface area contributed by atoms with E-state index in [0.29, 0.717) is 30.5 Å². The van der Waals surface area contributed by atoms with E-state index < -0.39 is 0 Å². The smallest absolute Gasteiger partial charge is 0.220 e. The van der Waals surface area contributed by atoms with Crippen LogP contribution >= 0.6 is 11.6 Å². The highest BCUT2D eigenvalue weighted by molar-refractivity contribution is 6.30. The van der Waals surface area contributed by atoms with Gasteiger partial charge in [0, 0.05) is 19.2 Å². The van der Waals surface area contributed by atoms with E-state index in [1.165, 1.54) is 25.7 Å². The lowest BCUT2D eigenvalue weighted by molar-refractivity contribution is -0.122. The van der Waals surface area contributed by atoms with Crippen LogP contribution in [0.5, 0.6) is 0 Å². The van der Waals surface area contributed by atoms with Crippen LogP contribution in [0, 0.1) is 17.8 Å². The third-order valence-corrected chi connectivity index (χ3v) is 4.79. The lowest BCUT2D eigenvalue weighted by Crippen LogP contribution is -2.30. The van der Waals surface area contributed by atoms with Gasteiger partial charge in [-0.05, 0) is 37.0 Å². The van der Waals surface area contributed by atoms with Crippen molar-refractivity contribution in [2.24, 2.45) is 17.8 Å². The Hall–Kier alpha value is -1.03. The summed E-state index contributed by atoms with van der Waals surface area (Å²) < 4.78 is 1.75. The Morgan fingerprint density at radius 3 is 3.00 bits per heavy atom. The summed E-state index contributed by atoms with van der Waals surface area (Å²) >= 11 is 5.78. The maximum absolute atomic E-state index is 11.9. The predicted molar refractivity (Wildman–Crippen MR) is 73.8 cm³/mol. The standard InChI is InChI=1S/C14H20ClN3O/c15-13-8-17-18(9-13)4-3-16-14(19)7-12-6-10-1-2-11(12)5-10/h8-12H,1-7H2,(H,16,19). The number of nitrogens with zero attached hydrogens (tertiary/aromatic N) is 2. The van der Waals surface area contributed by atoms with Gasteiger partial charge in [-0.3, -0.25) is 9.48 Å². The first kappa shape index (κ1) is 13.0. The zero-order chi connectivity index (χ0) is 13.2. The van der Waals surface area contributed by atoms with Gasteiger partial charge in [-0.25, -0.2) is 0 Å². The van der Waals surface area contributed by atoms with Crippen LogP contribution in [-0.4, -0.2) is 22.2 Å². The third-order valence-electron chi connectivity index (χ3n) is 4.60. The van der Waals surface area contributed by atoms with Gasteiger partial charge in [-0.2, -0.15) is 5.10 Å². The molecule has 0 aliphatic heterocycles. The zero-order valence-corrected chi connectivity index (χ0v) is 11.8. The summed E-state index contributed by atoms with van der Waals surface area (Å²) in [5, 5.41) is 7.70. The van der Waals surface area contributed by atoms with Gasteiger partial charge in [0.25, 0.3) is 0 Å². The van der Waals surface area contributed by atoms with E-state index in [1.807, 2.05) is 0 Å². The molecule has 2 fully saturated rings. The zero-order valence-electron chi connectivity index (χ0n) is 11.0. The first-order valence-electron chi connectivity index (χ1n) is 7.15. The van der Waals surface area contributed by atoms with Gasteiger partial charge >= 0.3 is 0 Å². The first-order chi connectivity index (χ1) is 9.20. The number of hydrogen-bond donors (Lipinski definition) is 1. The van der Waals surface area contributed by atoms with Crippen LogP contribution in [0.1, 0.15) is 32.1 Å². The number of rotatable bonds is 5. The molecule has 1 heterocycles. The molecule has 4 nitrogen and oxygen atoms in total. The molecule has 2 aliphatic carbocycles. The maximum Gasteiger partial charge on any atom is 0.220 e. The van der Waals surface area contributed by atoms with Gasteiger partial charge in [-0.1, -0.05) is 18.0 Å². The predicted octanol–water partition coefficient (Wildman–Crippen LogP) is 2.48. The molecule has 2 bridgehead atoms. The number of carbonyl (C=O) groups is 1. The molecule has 3 atom stereocenters. The number of halogens is 1. The quantitative estimate of drug-likeness (QED) is 0.901. The SMILES string of the molecule is O=C(CC1CC2CCC1C2)NCCn1cc(Cl)cn1. The molecule has 19 heavy (non-hydrogen) atoms. The van der Waals surface area contributed by atoms with Crippen molar-refractivity contribution < 1.29 is 4.79 Å². The van der Waals surface area contributed by atoms with Gasteiger partial charge in [0.2, 0.25) is 5.91 Å². The van der Waals surface area contributed by atoms with Gasteiger partial charge in [-0.15, -0.1) is 0 Å². The van der Waals surface area contributed by atoms with E-state index in [2.05, 4.69) is 10.4 Å². The van der Waals surface area contributed by atoms with Crippen molar-refractivity contribution >= 4 is 17.5 Å². The van der Waals surface area contributed by atoms with Crippen molar-refractivity contribution in [3.8, 4) is 0 Å². The molecule has 3 unspecified atom stereocenters. The summed E-state index contributed by atoms with van der Waals surface area (Å²) in [4.78, 5) is 11.9. The Bertz CT molecular complexity index is 459. The number of amides is 1. The third kappa shape index (κ3) is 3.11. The average Bonchev–Trinajstić information content (AvgIpc) is 3.06. The first-order valence-corrected chi connectivity index (χ1v) is 7.53. The molecule has 1 amide bonds. The van der Waals surface area contributed by atoms with Gasteiger partial charge in [0.1, 0.15) is 0 Å². The molecule has 1 N–H and O–H groups in total. The highest BCUT2D eigenvalue weighted by Crippen LogP contribution is 2.49. The van der Waals surface area contributed by atoms with E-state index in [4.69, 9.17) is 11.6 Å². The van der Waals surface area contributed by atoms with Crippen molar-refractivity contribution in [3.63, 3.8) is 0 Å².